The van der Waals surface area contributed by atoms with Crippen LogP contribution in [0, 0.1) is 17.8 Å². The highest BCUT2D eigenvalue weighted by atomic mass is 16.5. The summed E-state index contributed by atoms with van der Waals surface area (Å²) >= 11 is 0. The van der Waals surface area contributed by atoms with E-state index < -0.39 is 6.10 Å². The van der Waals surface area contributed by atoms with Gasteiger partial charge in [-0.15, -0.1) is 0 Å². The summed E-state index contributed by atoms with van der Waals surface area (Å²) in [6.45, 7) is 7.63. The summed E-state index contributed by atoms with van der Waals surface area (Å²) in [4.78, 5) is 11.5. The highest BCUT2D eigenvalue weighted by Gasteiger charge is 2.44. The van der Waals surface area contributed by atoms with E-state index in [4.69, 9.17) is 4.74 Å². The Balaban J connectivity index is 2.86. The van der Waals surface area contributed by atoms with E-state index in [0.717, 1.165) is 5.57 Å². The first-order valence-electron chi connectivity index (χ1n) is 4.90. The van der Waals surface area contributed by atoms with Crippen molar-refractivity contribution in [3.8, 4) is 0 Å². The van der Waals surface area contributed by atoms with Gasteiger partial charge < -0.3 is 9.84 Å². The molecule has 3 heteroatoms. The average molecular weight is 198 g/mol. The second-order valence-corrected chi connectivity index (χ2v) is 4.16. The van der Waals surface area contributed by atoms with Crippen LogP contribution < -0.4 is 0 Å². The molecule has 0 heterocycles. The lowest BCUT2D eigenvalue weighted by atomic mass is 9.86. The summed E-state index contributed by atoms with van der Waals surface area (Å²) in [6.07, 6.45) is 0.205. The number of ether oxygens (including phenoxy) is 1. The van der Waals surface area contributed by atoms with Gasteiger partial charge in [0.1, 0.15) is 0 Å². The Morgan fingerprint density at radius 1 is 1.57 bits per heavy atom. The van der Waals surface area contributed by atoms with Crippen LogP contribution in [-0.4, -0.2) is 24.3 Å². The summed E-state index contributed by atoms with van der Waals surface area (Å²) in [5.41, 5.74) is 0.948. The normalized spacial score (nSPS) is 36.9. The highest BCUT2D eigenvalue weighted by molar-refractivity contribution is 5.74. The van der Waals surface area contributed by atoms with Crippen LogP contribution >= 0.6 is 0 Å². The lowest BCUT2D eigenvalue weighted by molar-refractivity contribution is -0.148. The Morgan fingerprint density at radius 2 is 2.14 bits per heavy atom. The fourth-order valence-corrected chi connectivity index (χ4v) is 2.25. The van der Waals surface area contributed by atoms with Crippen LogP contribution in [0.15, 0.2) is 12.2 Å². The first-order valence-corrected chi connectivity index (χ1v) is 4.90. The highest BCUT2D eigenvalue weighted by Crippen LogP contribution is 2.41. The molecule has 0 spiro atoms. The molecule has 0 unspecified atom stereocenters. The molecule has 1 aliphatic rings. The molecule has 80 valence electrons. The minimum Gasteiger partial charge on any atom is -0.469 e. The molecule has 1 fully saturated rings. The van der Waals surface area contributed by atoms with Gasteiger partial charge in [-0.3, -0.25) is 4.79 Å². The summed E-state index contributed by atoms with van der Waals surface area (Å²) < 4.78 is 4.74. The second kappa shape index (κ2) is 4.13. The molecule has 1 rings (SSSR count). The molecular formula is C11H18O3. The van der Waals surface area contributed by atoms with Gasteiger partial charge in [-0.1, -0.05) is 19.1 Å². The van der Waals surface area contributed by atoms with Crippen LogP contribution in [0.1, 0.15) is 20.3 Å². The Kier molecular flexibility index (Phi) is 3.32. The fraction of sp³-hybridized carbons (Fsp3) is 0.727. The van der Waals surface area contributed by atoms with Gasteiger partial charge in [-0.05, 0) is 25.2 Å². The monoisotopic (exact) mass is 198 g/mol. The lowest BCUT2D eigenvalue weighted by Gasteiger charge is -2.20. The van der Waals surface area contributed by atoms with E-state index in [-0.39, 0.29) is 23.7 Å². The molecule has 3 nitrogen and oxygen atoms in total. The zero-order chi connectivity index (χ0) is 10.9. The maximum atomic E-state index is 11.5. The molecule has 0 aromatic heterocycles. The smallest absolute Gasteiger partial charge is 0.309 e. The third kappa shape index (κ3) is 1.82. The van der Waals surface area contributed by atoms with E-state index in [1.54, 1.807) is 0 Å². The van der Waals surface area contributed by atoms with Crippen LogP contribution in [0.5, 0.6) is 0 Å². The molecular weight excluding hydrogens is 180 g/mol. The first kappa shape index (κ1) is 11.2. The third-order valence-electron chi connectivity index (χ3n) is 3.21. The lowest BCUT2D eigenvalue weighted by Crippen LogP contribution is -2.27. The standard InChI is InChI=1S/C11H18O3/c1-6(2)8-5-9(12)7(3)10(8)11(13)14-4/h7-10,12H,1,5H2,2-4H3/t7-,8-,9-,10+/m1/s1. The summed E-state index contributed by atoms with van der Waals surface area (Å²) in [5.74, 6) is -0.439. The zero-order valence-electron chi connectivity index (χ0n) is 8.99. The summed E-state index contributed by atoms with van der Waals surface area (Å²) in [7, 11) is 1.38. The molecule has 0 aromatic carbocycles. The van der Waals surface area contributed by atoms with Crippen LogP contribution in [0.4, 0.5) is 0 Å². The SMILES string of the molecule is C=C(C)[C@H]1C[C@@H](O)[C@@H](C)[C@@H]1C(=O)OC. The molecule has 1 aliphatic carbocycles. The predicted molar refractivity (Wildman–Crippen MR) is 53.6 cm³/mol. The van der Waals surface area contributed by atoms with Crippen molar-refractivity contribution in [2.45, 2.75) is 26.4 Å². The van der Waals surface area contributed by atoms with Gasteiger partial charge in [-0.25, -0.2) is 0 Å². The Bertz CT molecular complexity index is 247. The van der Waals surface area contributed by atoms with Crippen molar-refractivity contribution in [2.24, 2.45) is 17.8 Å². The topological polar surface area (TPSA) is 46.5 Å². The molecule has 1 saturated carbocycles. The maximum Gasteiger partial charge on any atom is 0.309 e. The summed E-state index contributed by atoms with van der Waals surface area (Å²) in [6, 6.07) is 0. The van der Waals surface area contributed by atoms with E-state index in [1.165, 1.54) is 7.11 Å². The van der Waals surface area contributed by atoms with E-state index in [2.05, 4.69) is 6.58 Å². The number of carbonyl (C=O) groups excluding carboxylic acids is 1. The number of methoxy groups -OCH3 is 1. The van der Waals surface area contributed by atoms with Crippen molar-refractivity contribution in [3.05, 3.63) is 12.2 Å². The molecule has 14 heavy (non-hydrogen) atoms. The number of carbonyl (C=O) groups is 1. The number of aliphatic hydroxyl groups excluding tert-OH is 1. The van der Waals surface area contributed by atoms with Gasteiger partial charge >= 0.3 is 5.97 Å². The fourth-order valence-electron chi connectivity index (χ4n) is 2.25. The van der Waals surface area contributed by atoms with E-state index >= 15 is 0 Å². The number of aliphatic hydroxyl groups is 1. The molecule has 0 bridgehead atoms. The second-order valence-electron chi connectivity index (χ2n) is 4.16. The van der Waals surface area contributed by atoms with Crippen molar-refractivity contribution in [1.82, 2.24) is 0 Å². The predicted octanol–water partition coefficient (Wildman–Crippen LogP) is 1.37. The number of hydrogen-bond donors (Lipinski definition) is 1. The molecule has 0 aliphatic heterocycles. The van der Waals surface area contributed by atoms with E-state index in [1.807, 2.05) is 13.8 Å². The minimum absolute atomic E-state index is 0.0378. The van der Waals surface area contributed by atoms with Gasteiger partial charge in [0.25, 0.3) is 0 Å². The van der Waals surface area contributed by atoms with Gasteiger partial charge in [0, 0.05) is 0 Å². The Morgan fingerprint density at radius 3 is 2.57 bits per heavy atom. The van der Waals surface area contributed by atoms with Gasteiger partial charge in [-0.2, -0.15) is 0 Å². The third-order valence-corrected chi connectivity index (χ3v) is 3.21. The largest absolute Gasteiger partial charge is 0.469 e. The van der Waals surface area contributed by atoms with Crippen molar-refractivity contribution in [1.29, 1.82) is 0 Å². The van der Waals surface area contributed by atoms with Crippen molar-refractivity contribution in [3.63, 3.8) is 0 Å². The van der Waals surface area contributed by atoms with Crippen LogP contribution in [-0.2, 0) is 9.53 Å². The maximum absolute atomic E-state index is 11.5. The Labute approximate surface area is 84.8 Å². The van der Waals surface area contributed by atoms with Crippen LogP contribution in [0.3, 0.4) is 0 Å². The minimum atomic E-state index is -0.416. The summed E-state index contributed by atoms with van der Waals surface area (Å²) in [5, 5.41) is 9.68. The Hall–Kier alpha value is -0.830. The van der Waals surface area contributed by atoms with Gasteiger partial charge in [0.15, 0.2) is 0 Å². The first-order chi connectivity index (χ1) is 6.49. The van der Waals surface area contributed by atoms with Crippen molar-refractivity contribution < 1.29 is 14.6 Å². The number of esters is 1. The molecule has 4 atom stereocenters. The van der Waals surface area contributed by atoms with Crippen molar-refractivity contribution in [2.75, 3.05) is 7.11 Å². The van der Waals surface area contributed by atoms with Gasteiger partial charge in [0.2, 0.25) is 0 Å². The number of rotatable bonds is 2. The molecule has 1 N–H and O–H groups in total. The molecule has 0 saturated heterocycles. The van der Waals surface area contributed by atoms with E-state index in [9.17, 15) is 9.90 Å². The van der Waals surface area contributed by atoms with Crippen LogP contribution in [0.2, 0.25) is 0 Å². The average Bonchev–Trinajstić information content (AvgIpc) is 2.43. The molecule has 0 amide bonds. The quantitative estimate of drug-likeness (QED) is 0.538. The molecule has 0 aromatic rings. The molecule has 0 radical (unpaired) electrons. The number of allylic oxidation sites excluding steroid dienone is 1. The van der Waals surface area contributed by atoms with Crippen molar-refractivity contribution >= 4 is 5.97 Å². The van der Waals surface area contributed by atoms with Crippen LogP contribution in [0.25, 0.3) is 0 Å². The zero-order valence-corrected chi connectivity index (χ0v) is 8.99. The van der Waals surface area contributed by atoms with Gasteiger partial charge in [0.05, 0.1) is 19.1 Å². The number of hydrogen-bond acceptors (Lipinski definition) is 3. The van der Waals surface area contributed by atoms with E-state index in [0.29, 0.717) is 6.42 Å².